The minimum atomic E-state index is -0.222. The molecule has 1 atom stereocenters. The Kier molecular flexibility index (Phi) is 5.37. The summed E-state index contributed by atoms with van der Waals surface area (Å²) in [6, 6.07) is 12.7. The molecule has 0 aromatic heterocycles. The number of aryl methyl sites for hydroxylation is 1. The van der Waals surface area contributed by atoms with E-state index in [0.29, 0.717) is 0 Å². The molecule has 0 saturated heterocycles. The molecule has 0 spiro atoms. The summed E-state index contributed by atoms with van der Waals surface area (Å²) in [7, 11) is 1.65. The molecule has 0 aliphatic heterocycles. The van der Waals surface area contributed by atoms with Crippen LogP contribution in [0.25, 0.3) is 0 Å². The minimum Gasteiger partial charge on any atom is -0.497 e. The molecule has 4 heteroatoms. The van der Waals surface area contributed by atoms with Crippen molar-refractivity contribution in [3.05, 3.63) is 63.0 Å². The molecule has 106 valence electrons. The van der Waals surface area contributed by atoms with Crippen LogP contribution in [0, 0.1) is 9.39 Å². The first kappa shape index (κ1) is 15.3. The zero-order valence-corrected chi connectivity index (χ0v) is 13.4. The molecule has 0 saturated carbocycles. The number of hydrogen-bond donors (Lipinski definition) is 1. The molecular weight excluding hydrogens is 368 g/mol. The van der Waals surface area contributed by atoms with Crippen LogP contribution < -0.4 is 10.5 Å². The van der Waals surface area contributed by atoms with Gasteiger partial charge in [0.05, 0.1) is 7.11 Å². The number of rotatable bonds is 5. The molecule has 0 aliphatic carbocycles. The Morgan fingerprint density at radius 3 is 2.50 bits per heavy atom. The van der Waals surface area contributed by atoms with Gasteiger partial charge < -0.3 is 10.5 Å². The lowest BCUT2D eigenvalue weighted by molar-refractivity contribution is 0.414. The molecule has 2 rings (SSSR count). The SMILES string of the molecule is COc1ccc(CCC(N)c2ccc(F)cc2I)cc1. The Bertz CT molecular complexity index is 571. The Balaban J connectivity index is 1.98. The van der Waals surface area contributed by atoms with E-state index in [1.807, 2.05) is 24.3 Å². The highest BCUT2D eigenvalue weighted by Crippen LogP contribution is 2.23. The van der Waals surface area contributed by atoms with E-state index in [1.54, 1.807) is 13.2 Å². The van der Waals surface area contributed by atoms with Crippen LogP contribution in [-0.2, 0) is 6.42 Å². The second kappa shape index (κ2) is 7.04. The summed E-state index contributed by atoms with van der Waals surface area (Å²) in [5.41, 5.74) is 8.42. The van der Waals surface area contributed by atoms with Crippen molar-refractivity contribution in [2.45, 2.75) is 18.9 Å². The number of hydrogen-bond acceptors (Lipinski definition) is 2. The summed E-state index contributed by atoms with van der Waals surface area (Å²) in [6.07, 6.45) is 1.71. The summed E-state index contributed by atoms with van der Waals surface area (Å²) in [5, 5.41) is 0. The molecule has 2 N–H and O–H groups in total. The van der Waals surface area contributed by atoms with Gasteiger partial charge in [-0.15, -0.1) is 0 Å². The van der Waals surface area contributed by atoms with Crippen LogP contribution >= 0.6 is 22.6 Å². The molecule has 0 radical (unpaired) electrons. The average molecular weight is 385 g/mol. The van der Waals surface area contributed by atoms with Crippen LogP contribution in [0.5, 0.6) is 5.75 Å². The Morgan fingerprint density at radius 1 is 1.20 bits per heavy atom. The van der Waals surface area contributed by atoms with Gasteiger partial charge in [0.25, 0.3) is 0 Å². The van der Waals surface area contributed by atoms with Crippen LogP contribution in [0.4, 0.5) is 4.39 Å². The van der Waals surface area contributed by atoms with Crippen LogP contribution in [0.1, 0.15) is 23.6 Å². The van der Waals surface area contributed by atoms with Crippen molar-refractivity contribution in [1.29, 1.82) is 0 Å². The normalized spacial score (nSPS) is 12.2. The van der Waals surface area contributed by atoms with E-state index in [9.17, 15) is 4.39 Å². The highest BCUT2D eigenvalue weighted by atomic mass is 127. The first-order valence-corrected chi connectivity index (χ1v) is 7.51. The summed E-state index contributed by atoms with van der Waals surface area (Å²) < 4.78 is 19.1. The number of halogens is 2. The zero-order valence-electron chi connectivity index (χ0n) is 11.3. The van der Waals surface area contributed by atoms with Crippen LogP contribution in [-0.4, -0.2) is 7.11 Å². The number of methoxy groups -OCH3 is 1. The van der Waals surface area contributed by atoms with Gasteiger partial charge in [0.15, 0.2) is 0 Å². The molecule has 2 nitrogen and oxygen atoms in total. The number of benzene rings is 2. The Morgan fingerprint density at radius 2 is 1.90 bits per heavy atom. The highest BCUT2D eigenvalue weighted by molar-refractivity contribution is 14.1. The van der Waals surface area contributed by atoms with Crippen molar-refractivity contribution in [1.82, 2.24) is 0 Å². The standard InChI is InChI=1S/C16H17FINO/c1-20-13-6-2-11(3-7-13)4-9-16(19)14-8-5-12(17)10-15(14)18/h2-3,5-8,10,16H,4,9,19H2,1H3. The number of nitrogens with two attached hydrogens (primary N) is 1. The van der Waals surface area contributed by atoms with Crippen LogP contribution in [0.2, 0.25) is 0 Å². The monoisotopic (exact) mass is 385 g/mol. The van der Waals surface area contributed by atoms with Gasteiger partial charge in [-0.3, -0.25) is 0 Å². The molecule has 0 bridgehead atoms. The second-order valence-corrected chi connectivity index (χ2v) is 5.82. The summed E-state index contributed by atoms with van der Waals surface area (Å²) in [5.74, 6) is 0.631. The van der Waals surface area contributed by atoms with Gasteiger partial charge in [0.2, 0.25) is 0 Å². The van der Waals surface area contributed by atoms with E-state index < -0.39 is 0 Å². The van der Waals surface area contributed by atoms with Crippen molar-refractivity contribution in [2.75, 3.05) is 7.11 Å². The highest BCUT2D eigenvalue weighted by Gasteiger charge is 2.10. The van der Waals surface area contributed by atoms with Crippen molar-refractivity contribution >= 4 is 22.6 Å². The van der Waals surface area contributed by atoms with Crippen molar-refractivity contribution in [2.24, 2.45) is 5.73 Å². The van der Waals surface area contributed by atoms with E-state index in [1.165, 1.54) is 17.7 Å². The predicted octanol–water partition coefficient (Wildman–Crippen LogP) is 4.07. The molecular formula is C16H17FINO. The van der Waals surface area contributed by atoms with Gasteiger partial charge in [-0.25, -0.2) is 4.39 Å². The van der Waals surface area contributed by atoms with Crippen LogP contribution in [0.3, 0.4) is 0 Å². The molecule has 0 heterocycles. The predicted molar refractivity (Wildman–Crippen MR) is 87.4 cm³/mol. The van der Waals surface area contributed by atoms with Gasteiger partial charge in [-0.1, -0.05) is 18.2 Å². The Labute approximate surface area is 132 Å². The molecule has 0 fully saturated rings. The molecule has 2 aromatic carbocycles. The zero-order chi connectivity index (χ0) is 14.5. The van der Waals surface area contributed by atoms with E-state index in [2.05, 4.69) is 22.6 Å². The van der Waals surface area contributed by atoms with E-state index in [4.69, 9.17) is 10.5 Å². The summed E-state index contributed by atoms with van der Waals surface area (Å²) >= 11 is 2.13. The quantitative estimate of drug-likeness (QED) is 0.788. The average Bonchev–Trinajstić information content (AvgIpc) is 2.45. The minimum absolute atomic E-state index is 0.0791. The third kappa shape index (κ3) is 3.93. The molecule has 2 aromatic rings. The first-order valence-electron chi connectivity index (χ1n) is 6.43. The molecule has 0 aliphatic rings. The number of ether oxygens (including phenoxy) is 1. The lowest BCUT2D eigenvalue weighted by atomic mass is 10.00. The summed E-state index contributed by atoms with van der Waals surface area (Å²) in [6.45, 7) is 0. The summed E-state index contributed by atoms with van der Waals surface area (Å²) in [4.78, 5) is 0. The fourth-order valence-corrected chi connectivity index (χ4v) is 2.95. The maximum Gasteiger partial charge on any atom is 0.124 e. The Hall–Kier alpha value is -1.14. The maximum atomic E-state index is 13.1. The molecule has 0 amide bonds. The van der Waals surface area contributed by atoms with Crippen molar-refractivity contribution in [3.8, 4) is 5.75 Å². The van der Waals surface area contributed by atoms with E-state index in [0.717, 1.165) is 27.7 Å². The largest absolute Gasteiger partial charge is 0.497 e. The lowest BCUT2D eigenvalue weighted by Gasteiger charge is -2.14. The lowest BCUT2D eigenvalue weighted by Crippen LogP contribution is -2.13. The third-order valence-corrected chi connectivity index (χ3v) is 4.20. The smallest absolute Gasteiger partial charge is 0.124 e. The fraction of sp³-hybridized carbons (Fsp3) is 0.250. The second-order valence-electron chi connectivity index (χ2n) is 4.66. The van der Waals surface area contributed by atoms with Crippen molar-refractivity contribution < 1.29 is 9.13 Å². The topological polar surface area (TPSA) is 35.2 Å². The molecule has 20 heavy (non-hydrogen) atoms. The third-order valence-electron chi connectivity index (χ3n) is 3.27. The maximum absolute atomic E-state index is 13.1. The van der Waals surface area contributed by atoms with E-state index in [-0.39, 0.29) is 11.9 Å². The molecule has 1 unspecified atom stereocenters. The van der Waals surface area contributed by atoms with Gasteiger partial charge in [0.1, 0.15) is 11.6 Å². The first-order chi connectivity index (χ1) is 9.60. The van der Waals surface area contributed by atoms with Crippen LogP contribution in [0.15, 0.2) is 42.5 Å². The van der Waals surface area contributed by atoms with Crippen molar-refractivity contribution in [3.63, 3.8) is 0 Å². The van der Waals surface area contributed by atoms with E-state index >= 15 is 0 Å². The fourth-order valence-electron chi connectivity index (χ4n) is 2.07. The van der Waals surface area contributed by atoms with Gasteiger partial charge in [-0.05, 0) is 70.8 Å². The van der Waals surface area contributed by atoms with Gasteiger partial charge >= 0.3 is 0 Å². The van der Waals surface area contributed by atoms with Gasteiger partial charge in [0, 0.05) is 9.61 Å². The van der Waals surface area contributed by atoms with Gasteiger partial charge in [-0.2, -0.15) is 0 Å².